The van der Waals surface area contributed by atoms with Crippen molar-refractivity contribution in [1.82, 2.24) is 0 Å². The Kier molecular flexibility index (Phi) is 3.69. The fourth-order valence-electron chi connectivity index (χ4n) is 1.92. The maximum absolute atomic E-state index is 8.89. The van der Waals surface area contributed by atoms with Crippen molar-refractivity contribution < 1.29 is 0 Å². The molecule has 0 unspecified atom stereocenters. The van der Waals surface area contributed by atoms with E-state index in [0.29, 0.717) is 5.56 Å². The standard InChI is InChI=1S/C15H13BrN2/c1-10-6-13(16)7-11(2)15(10)18-14-5-3-4-12(8-14)9-17/h3-8,18H,1-2H3. The van der Waals surface area contributed by atoms with E-state index in [4.69, 9.17) is 5.26 Å². The predicted molar refractivity (Wildman–Crippen MR) is 78.1 cm³/mol. The lowest BCUT2D eigenvalue weighted by atomic mass is 10.1. The van der Waals surface area contributed by atoms with Crippen molar-refractivity contribution in [3.63, 3.8) is 0 Å². The van der Waals surface area contributed by atoms with E-state index in [2.05, 4.69) is 53.3 Å². The number of hydrogen-bond donors (Lipinski definition) is 1. The molecule has 2 nitrogen and oxygen atoms in total. The van der Waals surface area contributed by atoms with Crippen LogP contribution < -0.4 is 5.32 Å². The molecule has 3 heteroatoms. The molecule has 0 aliphatic carbocycles. The number of anilines is 2. The number of halogens is 1. The molecule has 0 spiro atoms. The Bertz CT molecular complexity index is 604. The second-order valence-corrected chi connectivity index (χ2v) is 5.15. The maximum atomic E-state index is 8.89. The Morgan fingerprint density at radius 3 is 2.39 bits per heavy atom. The first-order valence-corrected chi connectivity index (χ1v) is 6.43. The lowest BCUT2D eigenvalue weighted by Gasteiger charge is -2.13. The summed E-state index contributed by atoms with van der Waals surface area (Å²) in [7, 11) is 0. The van der Waals surface area contributed by atoms with Crippen LogP contribution in [0.25, 0.3) is 0 Å². The van der Waals surface area contributed by atoms with Crippen molar-refractivity contribution in [2.24, 2.45) is 0 Å². The molecule has 0 bridgehead atoms. The molecule has 0 aliphatic heterocycles. The number of benzene rings is 2. The third kappa shape index (κ3) is 2.72. The summed E-state index contributed by atoms with van der Waals surface area (Å²) >= 11 is 3.48. The number of nitrogens with zero attached hydrogens (tertiary/aromatic N) is 1. The van der Waals surface area contributed by atoms with Crippen LogP contribution in [0.3, 0.4) is 0 Å². The minimum absolute atomic E-state index is 0.660. The normalized spacial score (nSPS) is 9.89. The van der Waals surface area contributed by atoms with E-state index >= 15 is 0 Å². The van der Waals surface area contributed by atoms with Crippen LogP contribution in [0, 0.1) is 25.2 Å². The highest BCUT2D eigenvalue weighted by Crippen LogP contribution is 2.28. The van der Waals surface area contributed by atoms with Gasteiger partial charge in [0.25, 0.3) is 0 Å². The molecule has 2 aromatic carbocycles. The predicted octanol–water partition coefficient (Wildman–Crippen LogP) is 4.68. The first-order chi connectivity index (χ1) is 8.60. The smallest absolute Gasteiger partial charge is 0.0992 e. The van der Waals surface area contributed by atoms with Gasteiger partial charge in [-0.2, -0.15) is 5.26 Å². The zero-order valence-electron chi connectivity index (χ0n) is 10.3. The lowest BCUT2D eigenvalue weighted by molar-refractivity contribution is 1.34. The monoisotopic (exact) mass is 300 g/mol. The van der Waals surface area contributed by atoms with E-state index < -0.39 is 0 Å². The summed E-state index contributed by atoms with van der Waals surface area (Å²) in [6.07, 6.45) is 0. The first-order valence-electron chi connectivity index (χ1n) is 5.64. The summed E-state index contributed by atoms with van der Waals surface area (Å²) in [6, 6.07) is 13.8. The second kappa shape index (κ2) is 5.24. The Balaban J connectivity index is 2.37. The molecular weight excluding hydrogens is 288 g/mol. The summed E-state index contributed by atoms with van der Waals surface area (Å²) in [5.41, 5.74) is 5.02. The van der Waals surface area contributed by atoms with Gasteiger partial charge >= 0.3 is 0 Å². The molecule has 0 radical (unpaired) electrons. The Hall–Kier alpha value is -1.79. The summed E-state index contributed by atoms with van der Waals surface area (Å²) in [5.74, 6) is 0. The fourth-order valence-corrected chi connectivity index (χ4v) is 2.61. The second-order valence-electron chi connectivity index (χ2n) is 4.23. The molecule has 0 amide bonds. The van der Waals surface area contributed by atoms with Crippen molar-refractivity contribution in [2.75, 3.05) is 5.32 Å². The Morgan fingerprint density at radius 1 is 1.11 bits per heavy atom. The molecule has 0 heterocycles. The summed E-state index contributed by atoms with van der Waals surface area (Å²) in [4.78, 5) is 0. The highest BCUT2D eigenvalue weighted by molar-refractivity contribution is 9.10. The van der Waals surface area contributed by atoms with Gasteiger partial charge in [0.05, 0.1) is 11.6 Å². The third-order valence-corrected chi connectivity index (χ3v) is 3.22. The highest BCUT2D eigenvalue weighted by Gasteiger charge is 2.05. The van der Waals surface area contributed by atoms with E-state index in [1.54, 1.807) is 6.07 Å². The van der Waals surface area contributed by atoms with Gasteiger partial charge in [-0.05, 0) is 55.3 Å². The number of aryl methyl sites for hydroxylation is 2. The summed E-state index contributed by atoms with van der Waals surface area (Å²) in [5, 5.41) is 12.3. The van der Waals surface area contributed by atoms with Gasteiger partial charge in [-0.1, -0.05) is 22.0 Å². The number of rotatable bonds is 2. The van der Waals surface area contributed by atoms with Gasteiger partial charge in [0, 0.05) is 15.8 Å². The van der Waals surface area contributed by atoms with Gasteiger partial charge in [0.2, 0.25) is 0 Å². The van der Waals surface area contributed by atoms with E-state index in [0.717, 1.165) is 15.8 Å². The largest absolute Gasteiger partial charge is 0.355 e. The Morgan fingerprint density at radius 2 is 1.78 bits per heavy atom. The van der Waals surface area contributed by atoms with Gasteiger partial charge in [0.15, 0.2) is 0 Å². The van der Waals surface area contributed by atoms with Crippen LogP contribution in [0.2, 0.25) is 0 Å². The first kappa shape index (κ1) is 12.7. The van der Waals surface area contributed by atoms with Gasteiger partial charge < -0.3 is 5.32 Å². The number of hydrogen-bond acceptors (Lipinski definition) is 2. The molecule has 0 fully saturated rings. The fraction of sp³-hybridized carbons (Fsp3) is 0.133. The van der Waals surface area contributed by atoms with E-state index in [1.807, 2.05) is 18.2 Å². The van der Waals surface area contributed by atoms with Crippen LogP contribution in [-0.4, -0.2) is 0 Å². The van der Waals surface area contributed by atoms with Crippen molar-refractivity contribution in [1.29, 1.82) is 5.26 Å². The van der Waals surface area contributed by atoms with Crippen LogP contribution in [0.15, 0.2) is 40.9 Å². The molecule has 2 aromatic rings. The Labute approximate surface area is 115 Å². The minimum Gasteiger partial charge on any atom is -0.355 e. The van der Waals surface area contributed by atoms with Crippen LogP contribution in [0.5, 0.6) is 0 Å². The quantitative estimate of drug-likeness (QED) is 0.874. The molecule has 2 rings (SSSR count). The molecule has 0 saturated heterocycles. The zero-order valence-corrected chi connectivity index (χ0v) is 11.9. The number of nitrogens with one attached hydrogen (secondary N) is 1. The molecule has 1 N–H and O–H groups in total. The third-order valence-electron chi connectivity index (χ3n) is 2.76. The molecule has 18 heavy (non-hydrogen) atoms. The van der Waals surface area contributed by atoms with Crippen LogP contribution in [-0.2, 0) is 0 Å². The molecule has 0 aromatic heterocycles. The van der Waals surface area contributed by atoms with Crippen LogP contribution in [0.1, 0.15) is 16.7 Å². The van der Waals surface area contributed by atoms with Gasteiger partial charge in [-0.15, -0.1) is 0 Å². The summed E-state index contributed by atoms with van der Waals surface area (Å²) < 4.78 is 1.08. The molecule has 0 atom stereocenters. The van der Waals surface area contributed by atoms with Crippen molar-refractivity contribution >= 4 is 27.3 Å². The zero-order chi connectivity index (χ0) is 13.1. The SMILES string of the molecule is Cc1cc(Br)cc(C)c1Nc1cccc(C#N)c1. The average molecular weight is 301 g/mol. The van der Waals surface area contributed by atoms with Crippen molar-refractivity contribution in [3.8, 4) is 6.07 Å². The maximum Gasteiger partial charge on any atom is 0.0992 e. The molecule has 0 saturated carbocycles. The van der Waals surface area contributed by atoms with Gasteiger partial charge in [0.1, 0.15) is 0 Å². The highest BCUT2D eigenvalue weighted by atomic mass is 79.9. The lowest BCUT2D eigenvalue weighted by Crippen LogP contribution is -1.96. The van der Waals surface area contributed by atoms with Gasteiger partial charge in [-0.3, -0.25) is 0 Å². The minimum atomic E-state index is 0.660. The van der Waals surface area contributed by atoms with E-state index in [1.165, 1.54) is 11.1 Å². The molecular formula is C15H13BrN2. The number of nitriles is 1. The molecule has 0 aliphatic rings. The summed E-state index contributed by atoms with van der Waals surface area (Å²) in [6.45, 7) is 4.13. The van der Waals surface area contributed by atoms with E-state index in [9.17, 15) is 0 Å². The average Bonchev–Trinajstić information content (AvgIpc) is 2.34. The van der Waals surface area contributed by atoms with Crippen molar-refractivity contribution in [2.45, 2.75) is 13.8 Å². The van der Waals surface area contributed by atoms with E-state index in [-0.39, 0.29) is 0 Å². The van der Waals surface area contributed by atoms with Crippen LogP contribution >= 0.6 is 15.9 Å². The topological polar surface area (TPSA) is 35.8 Å². The van der Waals surface area contributed by atoms with Crippen LogP contribution in [0.4, 0.5) is 11.4 Å². The molecule has 90 valence electrons. The van der Waals surface area contributed by atoms with Crippen molar-refractivity contribution in [3.05, 3.63) is 57.6 Å². The van der Waals surface area contributed by atoms with Gasteiger partial charge in [-0.25, -0.2) is 0 Å².